The summed E-state index contributed by atoms with van der Waals surface area (Å²) in [6, 6.07) is 2.56. The molecule has 0 saturated heterocycles. The zero-order valence-corrected chi connectivity index (χ0v) is 18.6. The van der Waals surface area contributed by atoms with Crippen LogP contribution in [0, 0.1) is 13.8 Å². The summed E-state index contributed by atoms with van der Waals surface area (Å²) in [7, 11) is 1.40. The predicted molar refractivity (Wildman–Crippen MR) is 116 cm³/mol. The van der Waals surface area contributed by atoms with E-state index in [9.17, 15) is 27.9 Å². The number of aromatic nitrogens is 2. The number of carbonyl (C=O) groups is 1. The average Bonchev–Trinajstić information content (AvgIpc) is 3.13. The normalized spacial score (nSPS) is 13.8. The molecule has 0 aliphatic carbocycles. The molecule has 2 aromatic heterocycles. The van der Waals surface area contributed by atoms with Gasteiger partial charge < -0.3 is 19.2 Å². The molecule has 1 unspecified atom stereocenters. The van der Waals surface area contributed by atoms with E-state index in [0.29, 0.717) is 35.0 Å². The number of fused-ring (bicyclic) bond motifs is 4. The van der Waals surface area contributed by atoms with Gasteiger partial charge >= 0.3 is 6.18 Å². The molecule has 3 aromatic rings. The summed E-state index contributed by atoms with van der Waals surface area (Å²) in [5.74, 6) is 0. The number of aldehydes is 1. The first-order chi connectivity index (χ1) is 15.5. The third-order valence-corrected chi connectivity index (χ3v) is 6.45. The second-order valence-corrected chi connectivity index (χ2v) is 8.21. The molecule has 1 aliphatic heterocycles. The quantitative estimate of drug-likeness (QED) is 0.456. The highest BCUT2D eigenvalue weighted by Gasteiger charge is 2.35. The van der Waals surface area contributed by atoms with Gasteiger partial charge in [0.2, 0.25) is 0 Å². The number of hydrogen-bond donors (Lipinski definition) is 1. The van der Waals surface area contributed by atoms with E-state index in [1.54, 1.807) is 6.92 Å². The van der Waals surface area contributed by atoms with Gasteiger partial charge in [-0.3, -0.25) is 4.79 Å². The summed E-state index contributed by atoms with van der Waals surface area (Å²) in [5, 5.41) is 10.8. The largest absolute Gasteiger partial charge is 0.416 e. The number of ether oxygens (including phenoxy) is 1. The molecule has 0 fully saturated rings. The van der Waals surface area contributed by atoms with Crippen LogP contribution in [0.15, 0.2) is 16.9 Å². The minimum Gasteiger partial charge on any atom is -0.381 e. The minimum atomic E-state index is -4.53. The van der Waals surface area contributed by atoms with Crippen LogP contribution in [0.3, 0.4) is 0 Å². The maximum atomic E-state index is 13.7. The number of benzene rings is 1. The number of aryl methyl sites for hydroxylation is 2. The highest BCUT2D eigenvalue weighted by Crippen LogP contribution is 2.41. The molecule has 1 atom stereocenters. The van der Waals surface area contributed by atoms with E-state index in [2.05, 4.69) is 4.98 Å². The first-order valence-corrected chi connectivity index (χ1v) is 10.5. The molecule has 0 bridgehead atoms. The van der Waals surface area contributed by atoms with Crippen LogP contribution in [-0.2, 0) is 35.3 Å². The summed E-state index contributed by atoms with van der Waals surface area (Å²) in [6.45, 7) is 5.12. The highest BCUT2D eigenvalue weighted by atomic mass is 19.4. The number of halogens is 3. The first kappa shape index (κ1) is 23.1. The van der Waals surface area contributed by atoms with Crippen molar-refractivity contribution in [2.24, 2.45) is 0 Å². The molecule has 33 heavy (non-hydrogen) atoms. The first-order valence-electron chi connectivity index (χ1n) is 10.5. The zero-order valence-electron chi connectivity index (χ0n) is 18.6. The molecular weight excluding hydrogens is 437 g/mol. The van der Waals surface area contributed by atoms with Gasteiger partial charge in [0, 0.05) is 29.2 Å². The number of alkyl halides is 3. The summed E-state index contributed by atoms with van der Waals surface area (Å²) < 4.78 is 47.5. The standard InChI is InChI=1S/C24H23F3N2O4/c1-5-13-15-8-29-19(6-14(20(31)9-30)16(10-33-4)23(29)32)22(15)28-18-7-17(24(25,26)27)11(2)12(3)21(13)18/h6-7,9,20,31H,5,8,10H2,1-4H3. The molecule has 9 heteroatoms. The molecule has 0 radical (unpaired) electrons. The second-order valence-electron chi connectivity index (χ2n) is 8.21. The average molecular weight is 460 g/mol. The van der Waals surface area contributed by atoms with Gasteiger partial charge in [-0.05, 0) is 49.1 Å². The van der Waals surface area contributed by atoms with E-state index in [-0.39, 0.29) is 35.4 Å². The Kier molecular flexibility index (Phi) is 5.66. The maximum absolute atomic E-state index is 13.7. The Morgan fingerprint density at radius 1 is 1.24 bits per heavy atom. The van der Waals surface area contributed by atoms with Crippen molar-refractivity contribution in [2.45, 2.75) is 52.6 Å². The van der Waals surface area contributed by atoms with E-state index >= 15 is 0 Å². The van der Waals surface area contributed by atoms with E-state index < -0.39 is 23.4 Å². The number of aliphatic hydroxyl groups excluding tert-OH is 1. The zero-order chi connectivity index (χ0) is 24.2. The van der Waals surface area contributed by atoms with Gasteiger partial charge in [0.1, 0.15) is 6.10 Å². The van der Waals surface area contributed by atoms with Crippen molar-refractivity contribution in [1.82, 2.24) is 9.55 Å². The van der Waals surface area contributed by atoms with Gasteiger partial charge in [-0.25, -0.2) is 4.98 Å². The number of methoxy groups -OCH3 is 1. The molecule has 1 N–H and O–H groups in total. The summed E-state index contributed by atoms with van der Waals surface area (Å²) in [6.07, 6.45) is -5.22. The molecule has 174 valence electrons. The second kappa shape index (κ2) is 8.07. The van der Waals surface area contributed by atoms with Crippen molar-refractivity contribution >= 4 is 17.2 Å². The van der Waals surface area contributed by atoms with Gasteiger partial charge in [-0.2, -0.15) is 13.2 Å². The number of nitrogens with zero attached hydrogens (tertiary/aromatic N) is 2. The number of aliphatic hydroxyl groups is 1. The Hall–Kier alpha value is -3.04. The van der Waals surface area contributed by atoms with Crippen LogP contribution < -0.4 is 5.56 Å². The van der Waals surface area contributed by atoms with Crippen LogP contribution in [0.2, 0.25) is 0 Å². The fraction of sp³-hybridized carbons (Fsp3) is 0.375. The maximum Gasteiger partial charge on any atom is 0.416 e. The van der Waals surface area contributed by atoms with Crippen LogP contribution in [0.25, 0.3) is 22.3 Å². The molecule has 4 rings (SSSR count). The van der Waals surface area contributed by atoms with Gasteiger partial charge in [0.05, 0.1) is 35.6 Å². The Bertz CT molecular complexity index is 1360. The fourth-order valence-electron chi connectivity index (χ4n) is 4.76. The van der Waals surface area contributed by atoms with E-state index in [4.69, 9.17) is 4.74 Å². The third-order valence-electron chi connectivity index (χ3n) is 6.45. The highest BCUT2D eigenvalue weighted by molar-refractivity contribution is 5.92. The SMILES string of the molecule is CCc1c2c(nc3cc(C(F)(F)F)c(C)c(C)c13)-c1cc(C(O)C=O)c(COC)c(=O)n1C2. The monoisotopic (exact) mass is 460 g/mol. The number of rotatable bonds is 5. The topological polar surface area (TPSA) is 81.4 Å². The van der Waals surface area contributed by atoms with E-state index in [0.717, 1.165) is 17.2 Å². The fourth-order valence-corrected chi connectivity index (χ4v) is 4.76. The molecule has 0 saturated carbocycles. The van der Waals surface area contributed by atoms with Crippen molar-refractivity contribution in [2.75, 3.05) is 7.11 Å². The summed E-state index contributed by atoms with van der Waals surface area (Å²) >= 11 is 0. The van der Waals surface area contributed by atoms with Crippen molar-refractivity contribution in [3.63, 3.8) is 0 Å². The van der Waals surface area contributed by atoms with Gasteiger partial charge in [-0.1, -0.05) is 6.92 Å². The van der Waals surface area contributed by atoms with Gasteiger partial charge in [0.15, 0.2) is 6.29 Å². The Balaban J connectivity index is 2.09. The molecule has 0 amide bonds. The lowest BCUT2D eigenvalue weighted by Crippen LogP contribution is -2.26. The van der Waals surface area contributed by atoms with Crippen LogP contribution in [0.5, 0.6) is 0 Å². The third kappa shape index (κ3) is 3.46. The smallest absolute Gasteiger partial charge is 0.381 e. The van der Waals surface area contributed by atoms with E-state index in [1.807, 2.05) is 6.92 Å². The minimum absolute atomic E-state index is 0.0982. The molecular formula is C24H23F3N2O4. The van der Waals surface area contributed by atoms with Crippen LogP contribution >= 0.6 is 0 Å². The van der Waals surface area contributed by atoms with Crippen molar-refractivity contribution in [3.8, 4) is 11.4 Å². The Morgan fingerprint density at radius 3 is 2.52 bits per heavy atom. The van der Waals surface area contributed by atoms with Crippen molar-refractivity contribution < 1.29 is 27.8 Å². The predicted octanol–water partition coefficient (Wildman–Crippen LogP) is 4.00. The molecule has 0 spiro atoms. The Labute approximate surface area is 187 Å². The number of hydrogen-bond acceptors (Lipinski definition) is 5. The van der Waals surface area contributed by atoms with Crippen LogP contribution in [0.4, 0.5) is 13.2 Å². The summed E-state index contributed by atoms with van der Waals surface area (Å²) in [5.41, 5.74) is 2.26. The van der Waals surface area contributed by atoms with Crippen LogP contribution in [-0.4, -0.2) is 28.1 Å². The summed E-state index contributed by atoms with van der Waals surface area (Å²) in [4.78, 5) is 29.1. The Morgan fingerprint density at radius 2 is 1.94 bits per heavy atom. The van der Waals surface area contributed by atoms with Gasteiger partial charge in [0.25, 0.3) is 5.56 Å². The lowest BCUT2D eigenvalue weighted by atomic mass is 9.91. The van der Waals surface area contributed by atoms with E-state index in [1.165, 1.54) is 24.7 Å². The lowest BCUT2D eigenvalue weighted by molar-refractivity contribution is -0.138. The molecule has 1 aromatic carbocycles. The molecule has 3 heterocycles. The molecule has 1 aliphatic rings. The number of carbonyl (C=O) groups excluding carboxylic acids is 1. The van der Waals surface area contributed by atoms with Crippen molar-refractivity contribution in [1.29, 1.82) is 0 Å². The lowest BCUT2D eigenvalue weighted by Gasteiger charge is -2.18. The van der Waals surface area contributed by atoms with Crippen molar-refractivity contribution in [3.05, 3.63) is 61.4 Å². The van der Waals surface area contributed by atoms with Crippen LogP contribution in [0.1, 0.15) is 52.0 Å². The van der Waals surface area contributed by atoms with Gasteiger partial charge in [-0.15, -0.1) is 0 Å². The number of pyridine rings is 2. The molecule has 6 nitrogen and oxygen atoms in total.